The van der Waals surface area contributed by atoms with E-state index in [4.69, 9.17) is 14.2 Å². The topological polar surface area (TPSA) is 83.6 Å². The van der Waals surface area contributed by atoms with E-state index in [0.717, 1.165) is 38.0 Å². The number of nitrogens with one attached hydrogen (secondary N) is 1. The quantitative estimate of drug-likeness (QED) is 0.300. The highest BCUT2D eigenvalue weighted by molar-refractivity contribution is 5.82. The maximum atomic E-state index is 14.5. The first-order valence-corrected chi connectivity index (χ1v) is 15.8. The van der Waals surface area contributed by atoms with Gasteiger partial charge in [-0.2, -0.15) is 0 Å². The van der Waals surface area contributed by atoms with Crippen LogP contribution in [0.1, 0.15) is 59.8 Å². The molecule has 0 aromatic carbocycles. The number of hydrogen-bond acceptors (Lipinski definition) is 7. The Morgan fingerprint density at radius 1 is 1.15 bits per heavy atom. The van der Waals surface area contributed by atoms with E-state index in [2.05, 4.69) is 61.0 Å². The first-order valence-electron chi connectivity index (χ1n) is 15.8. The van der Waals surface area contributed by atoms with Crippen LogP contribution in [-0.2, 0) is 23.8 Å². The van der Waals surface area contributed by atoms with Crippen LogP contribution in [0.15, 0.2) is 24.0 Å². The minimum atomic E-state index is -0.291. The largest absolute Gasteiger partial charge is 0.501 e. The van der Waals surface area contributed by atoms with Crippen molar-refractivity contribution < 1.29 is 23.8 Å². The number of piperidine rings is 1. The summed E-state index contributed by atoms with van der Waals surface area (Å²) in [5.74, 6) is 1.74. The number of amides is 2. The third-order valence-electron chi connectivity index (χ3n) is 8.85. The van der Waals surface area contributed by atoms with Gasteiger partial charge in [0.25, 0.3) is 0 Å². The molecule has 0 aromatic rings. The molecule has 9 nitrogen and oxygen atoms in total. The summed E-state index contributed by atoms with van der Waals surface area (Å²) in [5, 5.41) is 3.50. The van der Waals surface area contributed by atoms with E-state index in [1.54, 1.807) is 14.2 Å². The number of hydrogen-bond donors (Lipinski definition) is 1. The fourth-order valence-corrected chi connectivity index (χ4v) is 6.71. The van der Waals surface area contributed by atoms with Crippen molar-refractivity contribution in [1.82, 2.24) is 20.0 Å². The lowest BCUT2D eigenvalue weighted by atomic mass is 9.86. The molecular weight excluding hydrogens is 520 g/mol. The molecule has 0 spiro atoms. The van der Waals surface area contributed by atoms with Crippen LogP contribution in [-0.4, -0.2) is 118 Å². The molecular formula is C32H56N4O5. The Kier molecular flexibility index (Phi) is 14.1. The number of carbonyl (C=O) groups is 2. The molecule has 2 heterocycles. The molecule has 0 saturated carbocycles. The van der Waals surface area contributed by atoms with Gasteiger partial charge in [-0.15, -0.1) is 0 Å². The van der Waals surface area contributed by atoms with Crippen LogP contribution in [0.2, 0.25) is 0 Å². The van der Waals surface area contributed by atoms with Gasteiger partial charge in [0.1, 0.15) is 5.76 Å². The Balaban J connectivity index is 1.82. The van der Waals surface area contributed by atoms with E-state index in [9.17, 15) is 9.59 Å². The lowest BCUT2D eigenvalue weighted by Crippen LogP contribution is -2.60. The summed E-state index contributed by atoms with van der Waals surface area (Å²) in [6, 6.07) is -0.132. The van der Waals surface area contributed by atoms with Gasteiger partial charge in [0.05, 0.1) is 32.3 Å². The van der Waals surface area contributed by atoms with Gasteiger partial charge in [-0.1, -0.05) is 32.9 Å². The van der Waals surface area contributed by atoms with E-state index in [-0.39, 0.29) is 41.8 Å². The van der Waals surface area contributed by atoms with Crippen LogP contribution >= 0.6 is 0 Å². The standard InChI is InChI=1S/C32H56N4O5/c1-7-29(28-12-8-9-13-30(28)40-6)35(14-10-11-17-39-5)25(4)31(37)36(23-24(2)3)27-20-26(21-33-22-27)32(38)34-15-18-41-19-16-34/h8-9,13,24-29,33H,7,10-12,14-23H2,1-6H3/t25?,26-,27+,28+,29?/m1/s1. The van der Waals surface area contributed by atoms with Crippen molar-refractivity contribution >= 4 is 11.8 Å². The molecule has 2 amide bonds. The number of unbranched alkanes of at least 4 members (excludes halogenated alkanes) is 1. The van der Waals surface area contributed by atoms with E-state index in [1.165, 1.54) is 0 Å². The molecule has 1 N–H and O–H groups in total. The summed E-state index contributed by atoms with van der Waals surface area (Å²) in [4.78, 5) is 34.3. The Bertz CT molecular complexity index is 872. The third-order valence-corrected chi connectivity index (χ3v) is 8.85. The number of ether oxygens (including phenoxy) is 3. The van der Waals surface area contributed by atoms with Gasteiger partial charge in [-0.05, 0) is 57.6 Å². The zero-order valence-electron chi connectivity index (χ0n) is 26.5. The van der Waals surface area contributed by atoms with Gasteiger partial charge in [-0.3, -0.25) is 14.5 Å². The minimum Gasteiger partial charge on any atom is -0.501 e. The van der Waals surface area contributed by atoms with Gasteiger partial charge in [0, 0.05) is 64.4 Å². The number of carbonyl (C=O) groups excluding carboxylic acids is 2. The second-order valence-corrected chi connectivity index (χ2v) is 12.2. The summed E-state index contributed by atoms with van der Waals surface area (Å²) in [5.41, 5.74) is 0. The molecule has 3 aliphatic rings. The van der Waals surface area contributed by atoms with Crippen LogP contribution in [0.3, 0.4) is 0 Å². The monoisotopic (exact) mass is 576 g/mol. The van der Waals surface area contributed by atoms with Crippen LogP contribution < -0.4 is 5.32 Å². The van der Waals surface area contributed by atoms with Crippen molar-refractivity contribution in [2.45, 2.75) is 77.9 Å². The zero-order chi connectivity index (χ0) is 29.8. The highest BCUT2D eigenvalue weighted by atomic mass is 16.5. The summed E-state index contributed by atoms with van der Waals surface area (Å²) >= 11 is 0. The van der Waals surface area contributed by atoms with Gasteiger partial charge in [-0.25, -0.2) is 0 Å². The summed E-state index contributed by atoms with van der Waals surface area (Å²) in [6.07, 6.45) is 10.8. The van der Waals surface area contributed by atoms with Gasteiger partial charge in [0.2, 0.25) is 11.8 Å². The molecule has 2 aliphatic heterocycles. The Morgan fingerprint density at radius 2 is 1.90 bits per heavy atom. The van der Waals surface area contributed by atoms with Crippen LogP contribution in [0.4, 0.5) is 0 Å². The highest BCUT2D eigenvalue weighted by Gasteiger charge is 2.40. The maximum absolute atomic E-state index is 14.5. The molecule has 3 rings (SSSR count). The lowest BCUT2D eigenvalue weighted by molar-refractivity contribution is -0.146. The van der Waals surface area contributed by atoms with E-state index in [1.807, 2.05) is 4.90 Å². The molecule has 9 heteroatoms. The lowest BCUT2D eigenvalue weighted by Gasteiger charge is -2.45. The van der Waals surface area contributed by atoms with Crippen molar-refractivity contribution in [2.24, 2.45) is 17.8 Å². The van der Waals surface area contributed by atoms with Crippen LogP contribution in [0.25, 0.3) is 0 Å². The molecule has 5 atom stereocenters. The predicted molar refractivity (Wildman–Crippen MR) is 162 cm³/mol. The van der Waals surface area contributed by atoms with Gasteiger partial charge >= 0.3 is 0 Å². The Labute approximate surface area is 248 Å². The molecule has 0 radical (unpaired) electrons. The number of rotatable bonds is 15. The average Bonchev–Trinajstić information content (AvgIpc) is 3.00. The first-order chi connectivity index (χ1) is 19.8. The van der Waals surface area contributed by atoms with E-state index in [0.29, 0.717) is 64.9 Å². The van der Waals surface area contributed by atoms with Gasteiger partial charge < -0.3 is 29.3 Å². The number of nitrogens with zero attached hydrogens (tertiary/aromatic N) is 3. The first kappa shape index (κ1) is 33.6. The molecule has 234 valence electrons. The van der Waals surface area contributed by atoms with Crippen LogP contribution in [0, 0.1) is 17.8 Å². The smallest absolute Gasteiger partial charge is 0.239 e. The molecule has 41 heavy (non-hydrogen) atoms. The molecule has 2 fully saturated rings. The fraction of sp³-hybridized carbons (Fsp3) is 0.812. The van der Waals surface area contributed by atoms with E-state index < -0.39 is 0 Å². The summed E-state index contributed by atoms with van der Waals surface area (Å²) in [6.45, 7) is 14.7. The molecule has 0 aromatic heterocycles. The number of allylic oxidation sites excluding steroid dienone is 3. The molecule has 2 saturated heterocycles. The Hall–Kier alpha value is -1.94. The number of methoxy groups -OCH3 is 2. The SMILES string of the molecule is CCC([C@@H]1CC=CC=C1OC)N(CCCCOC)C(C)C(=O)N(CC(C)C)[C@@H]1CNC[C@H](C(=O)N2CCOCC2)C1. The predicted octanol–water partition coefficient (Wildman–Crippen LogP) is 3.31. The second-order valence-electron chi connectivity index (χ2n) is 12.2. The van der Waals surface area contributed by atoms with Crippen molar-refractivity contribution in [3.05, 3.63) is 24.0 Å². The molecule has 2 unspecified atom stereocenters. The maximum Gasteiger partial charge on any atom is 0.239 e. The third kappa shape index (κ3) is 9.27. The normalized spacial score (nSPS) is 24.7. The average molecular weight is 577 g/mol. The van der Waals surface area contributed by atoms with E-state index >= 15 is 0 Å². The molecule has 0 bridgehead atoms. The minimum absolute atomic E-state index is 0.0152. The van der Waals surface area contributed by atoms with Crippen molar-refractivity contribution in [1.29, 1.82) is 0 Å². The highest BCUT2D eigenvalue weighted by Crippen LogP contribution is 2.32. The van der Waals surface area contributed by atoms with Crippen LogP contribution in [0.5, 0.6) is 0 Å². The molecule has 1 aliphatic carbocycles. The second kappa shape index (κ2) is 17.2. The van der Waals surface area contributed by atoms with Gasteiger partial charge in [0.15, 0.2) is 0 Å². The summed E-state index contributed by atoms with van der Waals surface area (Å²) in [7, 11) is 3.49. The van der Waals surface area contributed by atoms with Crippen molar-refractivity contribution in [2.75, 3.05) is 73.3 Å². The van der Waals surface area contributed by atoms with Crippen molar-refractivity contribution in [3.8, 4) is 0 Å². The van der Waals surface area contributed by atoms with Crippen molar-refractivity contribution in [3.63, 3.8) is 0 Å². The zero-order valence-corrected chi connectivity index (χ0v) is 26.5. The number of morpholine rings is 1. The summed E-state index contributed by atoms with van der Waals surface area (Å²) < 4.78 is 16.6. The Morgan fingerprint density at radius 3 is 2.56 bits per heavy atom. The fourth-order valence-electron chi connectivity index (χ4n) is 6.71.